The van der Waals surface area contributed by atoms with E-state index in [1.807, 2.05) is 12.2 Å². The van der Waals surface area contributed by atoms with Crippen LogP contribution in [0.4, 0.5) is 51.2 Å². The van der Waals surface area contributed by atoms with Crippen LogP contribution in [0.3, 0.4) is 0 Å². The van der Waals surface area contributed by atoms with E-state index in [1.54, 1.807) is 0 Å². The summed E-state index contributed by atoms with van der Waals surface area (Å²) in [5.74, 6) is 0. The minimum absolute atomic E-state index is 0.0260. The van der Waals surface area contributed by atoms with E-state index < -0.39 is 0 Å². The molecule has 0 saturated heterocycles. The van der Waals surface area contributed by atoms with Crippen LogP contribution in [0.5, 0.6) is 0 Å². The van der Waals surface area contributed by atoms with E-state index in [9.17, 15) is 0 Å². The van der Waals surface area contributed by atoms with Gasteiger partial charge in [0.05, 0.1) is 0 Å². The molecule has 4 heterocycles. The third-order valence-electron chi connectivity index (χ3n) is 14.7. The molecule has 0 atom stereocenters. The van der Waals surface area contributed by atoms with Crippen molar-refractivity contribution in [3.63, 3.8) is 0 Å². The molecule has 334 valence electrons. The van der Waals surface area contributed by atoms with Gasteiger partial charge in [-0.3, -0.25) is 0 Å². The van der Waals surface area contributed by atoms with Crippen molar-refractivity contribution in [2.75, 3.05) is 19.6 Å². The lowest BCUT2D eigenvalue weighted by Crippen LogP contribution is -2.63. The van der Waals surface area contributed by atoms with Crippen LogP contribution in [0.2, 0.25) is 0 Å². The highest BCUT2D eigenvalue weighted by Gasteiger charge is 2.49. The molecule has 0 N–H and O–H groups in total. The zero-order valence-electron chi connectivity index (χ0n) is 40.9. The molecule has 4 aliphatic heterocycles. The van der Waals surface area contributed by atoms with Crippen molar-refractivity contribution in [2.24, 2.45) is 0 Å². The van der Waals surface area contributed by atoms with Gasteiger partial charge in [-0.15, -0.1) is 0 Å². The van der Waals surface area contributed by atoms with Crippen molar-refractivity contribution >= 4 is 91.9 Å². The number of hydrogen-bond acceptors (Lipinski definition) is 4. The molecule has 6 aromatic rings. The highest BCUT2D eigenvalue weighted by molar-refractivity contribution is 7.01. The molecule has 68 heavy (non-hydrogen) atoms. The van der Waals surface area contributed by atoms with Crippen molar-refractivity contribution in [1.29, 1.82) is 0 Å². The van der Waals surface area contributed by atoms with E-state index >= 15 is 0 Å². The van der Waals surface area contributed by atoms with Crippen molar-refractivity contribution in [3.05, 3.63) is 217 Å². The maximum Gasteiger partial charge on any atom is 0.252 e. The third-order valence-corrected chi connectivity index (χ3v) is 14.7. The molecule has 0 spiro atoms. The van der Waals surface area contributed by atoms with E-state index in [-0.39, 0.29) is 24.3 Å². The van der Waals surface area contributed by atoms with Gasteiger partial charge in [0.2, 0.25) is 6.71 Å². The molecule has 0 unspecified atom stereocenters. The van der Waals surface area contributed by atoms with Crippen LogP contribution in [0.1, 0.15) is 79.4 Å². The highest BCUT2D eigenvalue weighted by atomic mass is 15.2. The molecule has 0 bridgehead atoms. The number of nitrogens with zero attached hydrogens (tertiary/aromatic N) is 4. The topological polar surface area (TPSA) is 13.0 Å². The maximum absolute atomic E-state index is 4.88. The van der Waals surface area contributed by atoms with E-state index in [0.29, 0.717) is 0 Å². The average Bonchev–Trinajstić information content (AvgIpc) is 3.34. The van der Waals surface area contributed by atoms with Gasteiger partial charge in [-0.05, 0) is 161 Å². The van der Waals surface area contributed by atoms with Crippen LogP contribution in [0.15, 0.2) is 206 Å². The smallest absolute Gasteiger partial charge is 0.252 e. The second kappa shape index (κ2) is 16.3. The maximum atomic E-state index is 4.88. The molecule has 0 saturated carbocycles. The Morgan fingerprint density at radius 3 is 1.72 bits per heavy atom. The van der Waals surface area contributed by atoms with Crippen molar-refractivity contribution in [2.45, 2.75) is 79.1 Å². The molecule has 6 aromatic carbocycles. The van der Waals surface area contributed by atoms with Crippen LogP contribution in [-0.4, -0.2) is 13.4 Å². The fourth-order valence-electron chi connectivity index (χ4n) is 11.6. The fourth-order valence-corrected chi connectivity index (χ4v) is 11.6. The molecule has 0 radical (unpaired) electrons. The Morgan fingerprint density at radius 1 is 0.574 bits per heavy atom. The zero-order chi connectivity index (χ0) is 47.2. The number of allylic oxidation sites excluding steroid dienone is 9. The van der Waals surface area contributed by atoms with Gasteiger partial charge in [0.15, 0.2) is 0 Å². The van der Waals surface area contributed by atoms with Crippen molar-refractivity contribution < 1.29 is 0 Å². The van der Waals surface area contributed by atoms with Crippen LogP contribution >= 0.6 is 0 Å². The molecule has 4 nitrogen and oxygen atoms in total. The molecule has 0 amide bonds. The Bertz CT molecular complexity index is 3230. The molecule has 11 rings (SSSR count). The van der Waals surface area contributed by atoms with E-state index in [4.69, 9.17) is 6.58 Å². The summed E-state index contributed by atoms with van der Waals surface area (Å²) in [5, 5.41) is 0. The number of fused-ring (bicyclic) bond motifs is 7. The Hall–Kier alpha value is -7.17. The SMILES string of the molecule is C=C/C=C\C(=C)N1c2cc3c(cc2B2c4ccccc4N(c4ccccc4)c4cc(C(C)(C)C)cc1c42)N(c1ccccc1)c1cc(C(C)(C)C)cc2c1B3C1=C(C=CCC1)N2C(/C=C\C)=C/C. The minimum Gasteiger partial charge on any atom is -0.312 e. The van der Waals surface area contributed by atoms with Gasteiger partial charge in [0.1, 0.15) is 0 Å². The van der Waals surface area contributed by atoms with Gasteiger partial charge in [-0.25, -0.2) is 0 Å². The molecule has 6 heteroatoms. The van der Waals surface area contributed by atoms with E-state index in [1.165, 1.54) is 95.1 Å². The number of para-hydroxylation sites is 3. The average molecular weight is 883 g/mol. The Morgan fingerprint density at radius 2 is 1.12 bits per heavy atom. The van der Waals surface area contributed by atoms with Gasteiger partial charge in [0, 0.05) is 68.3 Å². The summed E-state index contributed by atoms with van der Waals surface area (Å²) in [7, 11) is 0. The molecule has 0 fully saturated rings. The predicted octanol–water partition coefficient (Wildman–Crippen LogP) is 13.1. The van der Waals surface area contributed by atoms with E-state index in [2.05, 4.69) is 239 Å². The Balaban J connectivity index is 1.29. The Labute approximate surface area is 405 Å². The summed E-state index contributed by atoms with van der Waals surface area (Å²) >= 11 is 0. The van der Waals surface area contributed by atoms with Crippen LogP contribution in [-0.2, 0) is 10.8 Å². The van der Waals surface area contributed by atoms with Gasteiger partial charge < -0.3 is 19.6 Å². The minimum atomic E-state index is -0.132. The molecule has 0 aromatic heterocycles. The van der Waals surface area contributed by atoms with Gasteiger partial charge in [-0.2, -0.15) is 0 Å². The molecular formula is C62H60B2N4. The fraction of sp³-hybridized carbons (Fsp3) is 0.194. The summed E-state index contributed by atoms with van der Waals surface area (Å²) in [6.45, 7) is 27.3. The largest absolute Gasteiger partial charge is 0.312 e. The summed E-state index contributed by atoms with van der Waals surface area (Å²) in [4.78, 5) is 10.1. The molecule has 1 aliphatic carbocycles. The van der Waals surface area contributed by atoms with E-state index in [0.717, 1.165) is 29.9 Å². The first kappa shape index (κ1) is 43.4. The number of anilines is 9. The lowest BCUT2D eigenvalue weighted by Gasteiger charge is -2.48. The predicted molar refractivity (Wildman–Crippen MR) is 296 cm³/mol. The van der Waals surface area contributed by atoms with Crippen molar-refractivity contribution in [1.82, 2.24) is 0 Å². The zero-order valence-corrected chi connectivity index (χ0v) is 40.9. The first-order valence-corrected chi connectivity index (χ1v) is 24.4. The van der Waals surface area contributed by atoms with Crippen LogP contribution < -0.4 is 46.9 Å². The monoisotopic (exact) mass is 883 g/mol. The highest BCUT2D eigenvalue weighted by Crippen LogP contribution is 2.50. The standard InChI is InChI=1S/C62H60B2N4/c1-11-14-26-41(4)65-53-39-50-54(40-49(53)63-48-32-22-24-34-52(48)67(45-27-17-15-18-28-45)57-37-42(61(5,6)7)35-55(65)59(57)63)68(46-29-19-16-20-30-46)58-38-43(62(8,9)10)36-56-60(58)64(50)47-31-21-23-33-51(47)66(56)44(13-3)25-12-2/h11-20,22-30,32-40H,1,4,21,31H2,2-3,5-10H3/b25-12-,26-14-,44-13+. The summed E-state index contributed by atoms with van der Waals surface area (Å²) in [5.41, 5.74) is 24.5. The first-order chi connectivity index (χ1) is 32.8. The lowest BCUT2D eigenvalue weighted by atomic mass is 9.30. The quantitative estimate of drug-likeness (QED) is 0.117. The van der Waals surface area contributed by atoms with Crippen LogP contribution in [0, 0.1) is 0 Å². The Kier molecular flexibility index (Phi) is 10.4. The van der Waals surface area contributed by atoms with Gasteiger partial charge in [0.25, 0.3) is 6.71 Å². The molecular weight excluding hydrogens is 822 g/mol. The summed E-state index contributed by atoms with van der Waals surface area (Å²) in [6.07, 6.45) is 19.5. The summed E-state index contributed by atoms with van der Waals surface area (Å²) < 4.78 is 0. The summed E-state index contributed by atoms with van der Waals surface area (Å²) in [6, 6.07) is 46.2. The number of rotatable bonds is 7. The first-order valence-electron chi connectivity index (χ1n) is 24.4. The second-order valence-corrected chi connectivity index (χ2v) is 20.9. The number of hydrogen-bond donors (Lipinski definition) is 0. The van der Waals surface area contributed by atoms with Gasteiger partial charge in [-0.1, -0.05) is 145 Å². The van der Waals surface area contributed by atoms with Gasteiger partial charge >= 0.3 is 0 Å². The number of benzene rings is 6. The third kappa shape index (κ3) is 6.66. The molecule has 5 aliphatic rings. The van der Waals surface area contributed by atoms with Crippen LogP contribution in [0.25, 0.3) is 0 Å². The normalized spacial score (nSPS) is 15.9. The lowest BCUT2D eigenvalue weighted by molar-refractivity contribution is 0.590. The van der Waals surface area contributed by atoms with Crippen molar-refractivity contribution in [3.8, 4) is 0 Å². The second-order valence-electron chi connectivity index (χ2n) is 20.9.